The van der Waals surface area contributed by atoms with Crippen LogP contribution in [0.5, 0.6) is 0 Å². The van der Waals surface area contributed by atoms with E-state index in [1.807, 2.05) is 6.08 Å². The Balaban J connectivity index is 2.36. The summed E-state index contributed by atoms with van der Waals surface area (Å²) in [5, 5.41) is 30.6. The van der Waals surface area contributed by atoms with Crippen molar-refractivity contribution >= 4 is 0 Å². The molecule has 2 aliphatic carbocycles. The number of fused-ring (bicyclic) bond motifs is 1. The number of aliphatic hydroxyl groups excluding tert-OH is 1. The van der Waals surface area contributed by atoms with Gasteiger partial charge in [0.25, 0.3) is 0 Å². The molecule has 0 saturated heterocycles. The van der Waals surface area contributed by atoms with E-state index >= 15 is 0 Å². The lowest BCUT2D eigenvalue weighted by molar-refractivity contribution is -0.197. The monoisotopic (exact) mass is 252 g/mol. The molecule has 3 atom stereocenters. The average Bonchev–Trinajstić information content (AvgIpc) is 2.32. The minimum Gasteiger partial charge on any atom is -0.392 e. The van der Waals surface area contributed by atoms with Crippen LogP contribution >= 0.6 is 0 Å². The molecule has 3 N–H and O–H groups in total. The van der Waals surface area contributed by atoms with Gasteiger partial charge < -0.3 is 15.3 Å². The van der Waals surface area contributed by atoms with Crippen LogP contribution in [0.1, 0.15) is 40.0 Å². The van der Waals surface area contributed by atoms with Crippen LogP contribution in [0.3, 0.4) is 0 Å². The fraction of sp³-hybridized carbons (Fsp3) is 0.733. The molecule has 1 fully saturated rings. The molecular weight excluding hydrogens is 228 g/mol. The molecule has 0 heterocycles. The molecule has 0 amide bonds. The van der Waals surface area contributed by atoms with Gasteiger partial charge in [0.2, 0.25) is 0 Å². The van der Waals surface area contributed by atoms with Gasteiger partial charge in [0.1, 0.15) is 0 Å². The second-order valence-corrected chi connectivity index (χ2v) is 6.68. The smallest absolute Gasteiger partial charge is 0.0803 e. The van der Waals surface area contributed by atoms with Gasteiger partial charge >= 0.3 is 0 Å². The molecule has 2 aliphatic rings. The normalized spacial score (nSPS) is 45.9. The van der Waals surface area contributed by atoms with Gasteiger partial charge in [-0.1, -0.05) is 32.1 Å². The summed E-state index contributed by atoms with van der Waals surface area (Å²) < 4.78 is 0. The molecule has 0 bridgehead atoms. The zero-order chi connectivity index (χ0) is 13.6. The maximum Gasteiger partial charge on any atom is 0.0803 e. The summed E-state index contributed by atoms with van der Waals surface area (Å²) in [4.78, 5) is 0. The van der Waals surface area contributed by atoms with Crippen LogP contribution in [0.15, 0.2) is 23.8 Å². The quantitative estimate of drug-likeness (QED) is 0.666. The van der Waals surface area contributed by atoms with Crippen molar-refractivity contribution in [1.82, 2.24) is 0 Å². The Morgan fingerprint density at radius 2 is 1.89 bits per heavy atom. The first-order valence-corrected chi connectivity index (χ1v) is 6.66. The number of hydrogen-bond donors (Lipinski definition) is 3. The third-order valence-electron chi connectivity index (χ3n) is 4.87. The number of aliphatic hydroxyl groups is 3. The lowest BCUT2D eigenvalue weighted by atomic mass is 9.48. The molecule has 3 heteroatoms. The van der Waals surface area contributed by atoms with Crippen LogP contribution in [-0.4, -0.2) is 33.1 Å². The second kappa shape index (κ2) is 4.19. The van der Waals surface area contributed by atoms with Crippen LogP contribution in [-0.2, 0) is 0 Å². The first-order valence-electron chi connectivity index (χ1n) is 6.66. The van der Waals surface area contributed by atoms with Crippen molar-refractivity contribution in [3.05, 3.63) is 23.8 Å². The fourth-order valence-electron chi connectivity index (χ4n) is 3.33. The molecule has 3 nitrogen and oxygen atoms in total. The minimum absolute atomic E-state index is 0.0102. The van der Waals surface area contributed by atoms with Crippen molar-refractivity contribution in [2.75, 3.05) is 6.61 Å². The topological polar surface area (TPSA) is 60.7 Å². The van der Waals surface area contributed by atoms with Crippen LogP contribution < -0.4 is 0 Å². The van der Waals surface area contributed by atoms with Crippen LogP contribution in [0.2, 0.25) is 0 Å². The van der Waals surface area contributed by atoms with E-state index in [9.17, 15) is 15.3 Å². The molecule has 102 valence electrons. The minimum atomic E-state index is -0.895. The molecule has 0 aromatic rings. The number of hydrogen-bond acceptors (Lipinski definition) is 3. The summed E-state index contributed by atoms with van der Waals surface area (Å²) in [5.41, 5.74) is -1.01. The predicted molar refractivity (Wildman–Crippen MR) is 71.0 cm³/mol. The molecule has 0 aromatic heterocycles. The van der Waals surface area contributed by atoms with Gasteiger partial charge in [0, 0.05) is 5.92 Å². The largest absolute Gasteiger partial charge is 0.392 e. The molecule has 18 heavy (non-hydrogen) atoms. The zero-order valence-corrected chi connectivity index (χ0v) is 11.5. The summed E-state index contributed by atoms with van der Waals surface area (Å²) in [6.07, 6.45) is 7.34. The Labute approximate surface area is 109 Å². The highest BCUT2D eigenvalue weighted by Gasteiger charge is 2.60. The lowest BCUT2D eigenvalue weighted by Crippen LogP contribution is -2.62. The number of rotatable bonds is 1. The lowest BCUT2D eigenvalue weighted by Gasteiger charge is -2.60. The van der Waals surface area contributed by atoms with Gasteiger partial charge in [-0.15, -0.1) is 0 Å². The maximum atomic E-state index is 10.9. The Kier molecular flexibility index (Phi) is 3.21. The SMILES string of the molecule is CC1(C)CC2/C(CO)=C\C=C[C@@](C)(O)CC[C@]21O. The first-order chi connectivity index (χ1) is 8.22. The van der Waals surface area contributed by atoms with Crippen molar-refractivity contribution in [2.24, 2.45) is 11.3 Å². The maximum absolute atomic E-state index is 10.9. The van der Waals surface area contributed by atoms with Crippen molar-refractivity contribution in [2.45, 2.75) is 51.2 Å². The molecule has 0 radical (unpaired) electrons. The third-order valence-corrected chi connectivity index (χ3v) is 4.87. The van der Waals surface area contributed by atoms with E-state index in [0.29, 0.717) is 12.8 Å². The van der Waals surface area contributed by atoms with E-state index in [1.54, 1.807) is 19.1 Å². The summed E-state index contributed by atoms with van der Waals surface area (Å²) in [6.45, 7) is 5.83. The van der Waals surface area contributed by atoms with Crippen molar-refractivity contribution < 1.29 is 15.3 Å². The van der Waals surface area contributed by atoms with Gasteiger partial charge in [-0.2, -0.15) is 0 Å². The van der Waals surface area contributed by atoms with Crippen LogP contribution in [0, 0.1) is 11.3 Å². The standard InChI is InChI=1S/C15H24O3/c1-13(2)9-12-11(10-16)5-4-6-14(3,17)7-8-15(12,13)18/h4-6,12,16-18H,7-10H2,1-3H3/b6-4?,11-5-/t12?,14-,15+/m1/s1. The second-order valence-electron chi connectivity index (χ2n) is 6.68. The Bertz CT molecular complexity index is 393. The molecular formula is C15H24O3. The third kappa shape index (κ3) is 2.04. The van der Waals surface area contributed by atoms with Crippen molar-refractivity contribution in [3.63, 3.8) is 0 Å². The van der Waals surface area contributed by atoms with Gasteiger partial charge in [0.05, 0.1) is 17.8 Å². The van der Waals surface area contributed by atoms with Crippen molar-refractivity contribution in [1.29, 1.82) is 0 Å². The van der Waals surface area contributed by atoms with Crippen LogP contribution in [0.25, 0.3) is 0 Å². The van der Waals surface area contributed by atoms with Gasteiger partial charge in [-0.3, -0.25) is 0 Å². The van der Waals surface area contributed by atoms with Crippen LogP contribution in [0.4, 0.5) is 0 Å². The summed E-state index contributed by atoms with van der Waals surface area (Å²) in [7, 11) is 0. The average molecular weight is 252 g/mol. The van der Waals surface area contributed by atoms with E-state index < -0.39 is 11.2 Å². The molecule has 1 unspecified atom stereocenters. The molecule has 0 aromatic carbocycles. The van der Waals surface area contributed by atoms with Gasteiger partial charge in [-0.25, -0.2) is 0 Å². The first kappa shape index (κ1) is 13.8. The Morgan fingerprint density at radius 1 is 1.22 bits per heavy atom. The summed E-state index contributed by atoms with van der Waals surface area (Å²) >= 11 is 0. The van der Waals surface area contributed by atoms with Gasteiger partial charge in [0.15, 0.2) is 0 Å². The molecule has 2 rings (SSSR count). The summed E-state index contributed by atoms with van der Waals surface area (Å²) in [5.74, 6) is 0.0102. The van der Waals surface area contributed by atoms with E-state index in [2.05, 4.69) is 13.8 Å². The van der Waals surface area contributed by atoms with E-state index in [1.165, 1.54) is 0 Å². The van der Waals surface area contributed by atoms with E-state index in [4.69, 9.17) is 0 Å². The van der Waals surface area contributed by atoms with Gasteiger partial charge in [-0.05, 0) is 37.2 Å². The Morgan fingerprint density at radius 3 is 2.44 bits per heavy atom. The Hall–Kier alpha value is -0.640. The predicted octanol–water partition coefficient (Wildman–Crippen LogP) is 1.78. The zero-order valence-electron chi connectivity index (χ0n) is 11.5. The van der Waals surface area contributed by atoms with Crippen molar-refractivity contribution in [3.8, 4) is 0 Å². The number of allylic oxidation sites excluding steroid dienone is 2. The fourth-order valence-corrected chi connectivity index (χ4v) is 3.33. The highest BCUT2D eigenvalue weighted by molar-refractivity contribution is 5.28. The highest BCUT2D eigenvalue weighted by atomic mass is 16.3. The van der Waals surface area contributed by atoms with E-state index in [-0.39, 0.29) is 17.9 Å². The summed E-state index contributed by atoms with van der Waals surface area (Å²) in [6, 6.07) is 0. The molecule has 0 spiro atoms. The highest BCUT2D eigenvalue weighted by Crippen LogP contribution is 2.59. The molecule has 1 saturated carbocycles. The molecule has 0 aliphatic heterocycles. The van der Waals surface area contributed by atoms with E-state index in [0.717, 1.165) is 12.0 Å².